The summed E-state index contributed by atoms with van der Waals surface area (Å²) < 4.78 is 0. The van der Waals surface area contributed by atoms with Crippen LogP contribution in [0.2, 0.25) is 0 Å². The van der Waals surface area contributed by atoms with Crippen molar-refractivity contribution in [2.75, 3.05) is 12.3 Å². The molecule has 0 aromatic heterocycles. The molecule has 188 valence electrons. The minimum Gasteiger partial charge on any atom is -0.480 e. The van der Waals surface area contributed by atoms with Gasteiger partial charge in [0.1, 0.15) is 18.1 Å². The summed E-state index contributed by atoms with van der Waals surface area (Å²) in [5.74, 6) is -5.12. The Morgan fingerprint density at radius 3 is 1.88 bits per heavy atom. The summed E-state index contributed by atoms with van der Waals surface area (Å²) in [6.45, 7) is 3.57. The molecule has 0 aliphatic carbocycles. The van der Waals surface area contributed by atoms with Crippen molar-refractivity contribution in [2.45, 2.75) is 57.3 Å². The number of hydrogen-bond acceptors (Lipinski definition) is 8. The third kappa shape index (κ3) is 11.9. The SMILES string of the molecule is CC(C)C(N)C(=O)NC(CC(N)=O)C(=O)NC(CS)C(=O)NC(CCCN=C(N)N)C(=O)O. The number of carboxylic acids is 1. The second kappa shape index (κ2) is 14.9. The lowest BCUT2D eigenvalue weighted by Gasteiger charge is -2.24. The van der Waals surface area contributed by atoms with Gasteiger partial charge in [-0.3, -0.25) is 24.2 Å². The summed E-state index contributed by atoms with van der Waals surface area (Å²) in [6, 6.07) is -4.85. The van der Waals surface area contributed by atoms with Crippen LogP contribution in [0.4, 0.5) is 0 Å². The van der Waals surface area contributed by atoms with Crippen LogP contribution in [-0.4, -0.2) is 77.1 Å². The highest BCUT2D eigenvalue weighted by molar-refractivity contribution is 7.80. The van der Waals surface area contributed by atoms with E-state index in [2.05, 4.69) is 33.6 Å². The third-order valence-electron chi connectivity index (χ3n) is 4.43. The number of rotatable bonds is 15. The standard InChI is InChI=1S/C18H34N8O6S/c1-8(2)13(20)16(30)25-10(6-12(19)27)14(28)26-11(7-33)15(29)24-9(17(31)32)4-3-5-23-18(21)22/h8-11,13,33H,3-7,20H2,1-2H3,(H2,19,27)(H,24,29)(H,25,30)(H,26,28)(H,31,32)(H4,21,22,23). The normalized spacial score (nSPS) is 14.3. The second-order valence-corrected chi connectivity index (χ2v) is 7.96. The van der Waals surface area contributed by atoms with Crippen molar-refractivity contribution < 1.29 is 29.1 Å². The largest absolute Gasteiger partial charge is 0.480 e. The molecule has 12 N–H and O–H groups in total. The molecule has 0 spiro atoms. The maximum Gasteiger partial charge on any atom is 0.326 e. The Hall–Kier alpha value is -3.07. The Morgan fingerprint density at radius 1 is 0.909 bits per heavy atom. The van der Waals surface area contributed by atoms with Crippen molar-refractivity contribution in [1.82, 2.24) is 16.0 Å². The Bertz CT molecular complexity index is 743. The lowest BCUT2D eigenvalue weighted by molar-refractivity contribution is -0.142. The molecular formula is C18H34N8O6S. The molecule has 0 aliphatic rings. The number of primary amides is 1. The molecule has 0 heterocycles. The minimum absolute atomic E-state index is 0.0263. The monoisotopic (exact) mass is 490 g/mol. The smallest absolute Gasteiger partial charge is 0.326 e. The van der Waals surface area contributed by atoms with E-state index in [9.17, 15) is 29.1 Å². The fourth-order valence-corrected chi connectivity index (χ4v) is 2.74. The van der Waals surface area contributed by atoms with Gasteiger partial charge in [0.25, 0.3) is 0 Å². The van der Waals surface area contributed by atoms with Crippen LogP contribution in [-0.2, 0) is 24.0 Å². The molecule has 0 bridgehead atoms. The first-order chi connectivity index (χ1) is 15.3. The zero-order chi connectivity index (χ0) is 25.7. The minimum atomic E-state index is -1.38. The summed E-state index contributed by atoms with van der Waals surface area (Å²) in [5.41, 5.74) is 21.3. The maximum atomic E-state index is 12.6. The molecule has 0 aromatic carbocycles. The number of aliphatic imine (C=N–C) groups is 1. The average molecular weight is 491 g/mol. The van der Waals surface area contributed by atoms with Gasteiger partial charge in [0.2, 0.25) is 23.6 Å². The molecule has 0 rings (SSSR count). The molecule has 4 amide bonds. The lowest BCUT2D eigenvalue weighted by Crippen LogP contribution is -2.58. The van der Waals surface area contributed by atoms with Crippen LogP contribution >= 0.6 is 12.6 Å². The molecule has 0 saturated heterocycles. The van der Waals surface area contributed by atoms with Crippen LogP contribution in [0.25, 0.3) is 0 Å². The van der Waals surface area contributed by atoms with Gasteiger partial charge in [0.05, 0.1) is 12.5 Å². The maximum absolute atomic E-state index is 12.6. The first-order valence-corrected chi connectivity index (χ1v) is 10.8. The Kier molecular flexibility index (Phi) is 13.5. The Morgan fingerprint density at radius 2 is 1.42 bits per heavy atom. The summed E-state index contributed by atoms with van der Waals surface area (Å²) in [7, 11) is 0. The number of carbonyl (C=O) groups excluding carboxylic acids is 4. The van der Waals surface area contributed by atoms with Crippen LogP contribution in [0, 0.1) is 5.92 Å². The fourth-order valence-electron chi connectivity index (χ4n) is 2.48. The number of carboxylic acid groups (broad SMARTS) is 1. The topological polar surface area (TPSA) is 258 Å². The quantitative estimate of drug-likeness (QED) is 0.0474. The van der Waals surface area contributed by atoms with Crippen LogP contribution in [0.3, 0.4) is 0 Å². The van der Waals surface area contributed by atoms with Gasteiger partial charge in [0.15, 0.2) is 5.96 Å². The lowest BCUT2D eigenvalue weighted by atomic mass is 10.0. The van der Waals surface area contributed by atoms with E-state index in [0.29, 0.717) is 0 Å². The Labute approximate surface area is 197 Å². The number of nitrogens with zero attached hydrogens (tertiary/aromatic N) is 1. The van der Waals surface area contributed by atoms with Gasteiger partial charge >= 0.3 is 5.97 Å². The molecular weight excluding hydrogens is 456 g/mol. The number of thiol groups is 1. The molecule has 0 aliphatic heterocycles. The third-order valence-corrected chi connectivity index (χ3v) is 4.80. The Balaban J connectivity index is 5.21. The molecule has 33 heavy (non-hydrogen) atoms. The van der Waals surface area contributed by atoms with Gasteiger partial charge in [-0.2, -0.15) is 12.6 Å². The zero-order valence-electron chi connectivity index (χ0n) is 18.6. The summed E-state index contributed by atoms with van der Waals surface area (Å²) in [4.78, 5) is 63.9. The number of nitrogens with one attached hydrogen (secondary N) is 3. The van der Waals surface area contributed by atoms with Crippen molar-refractivity contribution >= 4 is 48.2 Å². The number of amides is 4. The van der Waals surface area contributed by atoms with E-state index in [1.54, 1.807) is 13.8 Å². The van der Waals surface area contributed by atoms with Gasteiger partial charge < -0.3 is 44.0 Å². The van der Waals surface area contributed by atoms with E-state index < -0.39 is 60.2 Å². The number of carbonyl (C=O) groups is 5. The van der Waals surface area contributed by atoms with E-state index in [-0.39, 0.29) is 37.0 Å². The number of nitrogens with two attached hydrogens (primary N) is 4. The molecule has 4 unspecified atom stereocenters. The van der Waals surface area contributed by atoms with Gasteiger partial charge in [0, 0.05) is 12.3 Å². The summed E-state index contributed by atoms with van der Waals surface area (Å²) in [5, 5.41) is 16.3. The highest BCUT2D eigenvalue weighted by atomic mass is 32.1. The fraction of sp³-hybridized carbons (Fsp3) is 0.667. The van der Waals surface area contributed by atoms with Gasteiger partial charge in [-0.25, -0.2) is 4.79 Å². The first-order valence-electron chi connectivity index (χ1n) is 10.1. The summed E-state index contributed by atoms with van der Waals surface area (Å²) >= 11 is 4.01. The predicted octanol–water partition coefficient (Wildman–Crippen LogP) is -3.63. The van der Waals surface area contributed by atoms with E-state index in [4.69, 9.17) is 22.9 Å². The highest BCUT2D eigenvalue weighted by Gasteiger charge is 2.30. The van der Waals surface area contributed by atoms with Gasteiger partial charge in [-0.05, 0) is 18.8 Å². The molecule has 15 heteroatoms. The van der Waals surface area contributed by atoms with Crippen molar-refractivity contribution in [3.05, 3.63) is 0 Å². The summed E-state index contributed by atoms with van der Waals surface area (Å²) in [6.07, 6.45) is -0.236. The van der Waals surface area contributed by atoms with E-state index in [1.165, 1.54) is 0 Å². The van der Waals surface area contributed by atoms with Gasteiger partial charge in [-0.1, -0.05) is 13.8 Å². The van der Waals surface area contributed by atoms with Crippen LogP contribution in [0.5, 0.6) is 0 Å². The molecule has 4 atom stereocenters. The number of hydrogen-bond donors (Lipinski definition) is 9. The van der Waals surface area contributed by atoms with Gasteiger partial charge in [-0.15, -0.1) is 0 Å². The van der Waals surface area contributed by atoms with Crippen LogP contribution < -0.4 is 38.9 Å². The van der Waals surface area contributed by atoms with Crippen molar-refractivity contribution in [1.29, 1.82) is 0 Å². The molecule has 0 fully saturated rings. The van der Waals surface area contributed by atoms with Crippen LogP contribution in [0.1, 0.15) is 33.1 Å². The van der Waals surface area contributed by atoms with Crippen molar-refractivity contribution in [2.24, 2.45) is 33.8 Å². The average Bonchev–Trinajstić information content (AvgIpc) is 2.71. The van der Waals surface area contributed by atoms with E-state index >= 15 is 0 Å². The number of guanidine groups is 1. The second-order valence-electron chi connectivity index (χ2n) is 7.59. The first kappa shape index (κ1) is 29.9. The van der Waals surface area contributed by atoms with E-state index in [0.717, 1.165) is 0 Å². The van der Waals surface area contributed by atoms with E-state index in [1.807, 2.05) is 0 Å². The zero-order valence-corrected chi connectivity index (χ0v) is 19.5. The molecule has 0 aromatic rings. The molecule has 0 radical (unpaired) electrons. The highest BCUT2D eigenvalue weighted by Crippen LogP contribution is 2.03. The number of aliphatic carboxylic acids is 1. The van der Waals surface area contributed by atoms with Crippen molar-refractivity contribution in [3.8, 4) is 0 Å². The molecule has 14 nitrogen and oxygen atoms in total. The molecule has 0 saturated carbocycles. The predicted molar refractivity (Wildman–Crippen MR) is 124 cm³/mol. The van der Waals surface area contributed by atoms with Crippen LogP contribution in [0.15, 0.2) is 4.99 Å². The van der Waals surface area contributed by atoms with Crippen molar-refractivity contribution in [3.63, 3.8) is 0 Å².